The van der Waals surface area contributed by atoms with Gasteiger partial charge in [0.1, 0.15) is 17.0 Å². The minimum atomic E-state index is 0.353. The van der Waals surface area contributed by atoms with Crippen molar-refractivity contribution in [2.45, 2.75) is 6.42 Å². The average Bonchev–Trinajstić information content (AvgIpc) is 2.76. The number of halogens is 2. The third-order valence-corrected chi connectivity index (χ3v) is 5.44. The second-order valence-electron chi connectivity index (χ2n) is 7.11. The molecule has 0 atom stereocenters. The van der Waals surface area contributed by atoms with E-state index in [1.807, 2.05) is 20.2 Å². The maximum absolute atomic E-state index is 6.62. The molecular weight excluding hydrogens is 439 g/mol. The molecule has 0 bridgehead atoms. The highest BCUT2D eigenvalue weighted by Crippen LogP contribution is 2.46. The van der Waals surface area contributed by atoms with E-state index in [2.05, 4.69) is 25.5 Å². The van der Waals surface area contributed by atoms with Crippen molar-refractivity contribution in [3.05, 3.63) is 28.4 Å². The maximum atomic E-state index is 6.62. The molecule has 0 spiro atoms. The molecule has 166 valence electrons. The van der Waals surface area contributed by atoms with Crippen LogP contribution in [-0.4, -0.2) is 68.3 Å². The SMILES string of the molecule is CNc1ncc2cc(-c3c(Cl)c(OC)cc(OC)c3Cl)nc(NCCCN(C)C)c2n1. The summed E-state index contributed by atoms with van der Waals surface area (Å²) in [5.41, 5.74) is 1.79. The molecule has 31 heavy (non-hydrogen) atoms. The molecule has 2 heterocycles. The molecule has 0 saturated carbocycles. The van der Waals surface area contributed by atoms with Crippen molar-refractivity contribution in [1.29, 1.82) is 0 Å². The number of hydrogen-bond acceptors (Lipinski definition) is 8. The number of nitrogens with one attached hydrogen (secondary N) is 2. The molecule has 8 nitrogen and oxygen atoms in total. The normalized spacial score (nSPS) is 11.1. The fourth-order valence-corrected chi connectivity index (χ4v) is 3.82. The van der Waals surface area contributed by atoms with Gasteiger partial charge in [0.25, 0.3) is 0 Å². The molecule has 0 saturated heterocycles. The molecule has 1 aromatic carbocycles. The monoisotopic (exact) mass is 464 g/mol. The first-order chi connectivity index (χ1) is 14.9. The quantitative estimate of drug-likeness (QED) is 0.450. The van der Waals surface area contributed by atoms with Crippen LogP contribution in [0.5, 0.6) is 11.5 Å². The van der Waals surface area contributed by atoms with Gasteiger partial charge in [-0.15, -0.1) is 0 Å². The van der Waals surface area contributed by atoms with E-state index in [1.165, 1.54) is 14.2 Å². The van der Waals surface area contributed by atoms with Crippen molar-refractivity contribution in [2.24, 2.45) is 0 Å². The van der Waals surface area contributed by atoms with E-state index in [0.717, 1.165) is 24.9 Å². The highest BCUT2D eigenvalue weighted by molar-refractivity contribution is 6.41. The Bertz CT molecular complexity index is 1050. The first-order valence-electron chi connectivity index (χ1n) is 9.74. The Morgan fingerprint density at radius 3 is 2.29 bits per heavy atom. The molecule has 0 radical (unpaired) electrons. The molecule has 3 aromatic rings. The Morgan fingerprint density at radius 2 is 1.71 bits per heavy atom. The van der Waals surface area contributed by atoms with Crippen LogP contribution in [0.1, 0.15) is 6.42 Å². The summed E-state index contributed by atoms with van der Waals surface area (Å²) in [6.45, 7) is 1.68. The van der Waals surface area contributed by atoms with Crippen LogP contribution in [0.4, 0.5) is 11.8 Å². The smallest absolute Gasteiger partial charge is 0.223 e. The van der Waals surface area contributed by atoms with Crippen molar-refractivity contribution >= 4 is 45.9 Å². The zero-order chi connectivity index (χ0) is 22.5. The van der Waals surface area contributed by atoms with Gasteiger partial charge in [-0.2, -0.15) is 0 Å². The summed E-state index contributed by atoms with van der Waals surface area (Å²) >= 11 is 13.2. The van der Waals surface area contributed by atoms with Crippen molar-refractivity contribution in [1.82, 2.24) is 19.9 Å². The minimum absolute atomic E-state index is 0.353. The van der Waals surface area contributed by atoms with Crippen LogP contribution in [0.2, 0.25) is 10.0 Å². The Labute approximate surface area is 191 Å². The van der Waals surface area contributed by atoms with Crippen LogP contribution in [0.25, 0.3) is 22.2 Å². The lowest BCUT2D eigenvalue weighted by atomic mass is 10.1. The van der Waals surface area contributed by atoms with Gasteiger partial charge in [0.2, 0.25) is 5.95 Å². The van der Waals surface area contributed by atoms with Gasteiger partial charge in [0.15, 0.2) is 5.82 Å². The number of fused-ring (bicyclic) bond motifs is 1. The third kappa shape index (κ3) is 5.03. The summed E-state index contributed by atoms with van der Waals surface area (Å²) < 4.78 is 10.8. The number of pyridine rings is 1. The predicted octanol–water partition coefficient (Wildman–Crippen LogP) is 4.42. The summed E-state index contributed by atoms with van der Waals surface area (Å²) in [7, 11) is 8.94. The van der Waals surface area contributed by atoms with E-state index >= 15 is 0 Å². The van der Waals surface area contributed by atoms with Crippen molar-refractivity contribution in [2.75, 3.05) is 59.1 Å². The summed E-state index contributed by atoms with van der Waals surface area (Å²) in [4.78, 5) is 15.9. The number of methoxy groups -OCH3 is 2. The molecule has 0 unspecified atom stereocenters. The van der Waals surface area contributed by atoms with E-state index in [1.54, 1.807) is 19.3 Å². The van der Waals surface area contributed by atoms with Crippen LogP contribution in [0.15, 0.2) is 18.3 Å². The minimum Gasteiger partial charge on any atom is -0.495 e. The number of hydrogen-bond donors (Lipinski definition) is 2. The van der Waals surface area contributed by atoms with E-state index in [4.69, 9.17) is 37.7 Å². The second kappa shape index (κ2) is 10.2. The van der Waals surface area contributed by atoms with Gasteiger partial charge in [-0.3, -0.25) is 0 Å². The lowest BCUT2D eigenvalue weighted by molar-refractivity contribution is 0.395. The van der Waals surface area contributed by atoms with E-state index in [-0.39, 0.29) is 0 Å². The molecule has 10 heteroatoms. The van der Waals surface area contributed by atoms with Gasteiger partial charge in [-0.1, -0.05) is 23.2 Å². The standard InChI is InChI=1S/C21H26Cl2N6O2/c1-24-21-26-11-12-9-13(16-17(22)14(30-4)10-15(31-5)18(16)23)27-20(19(12)28-21)25-7-6-8-29(2)3/h9-11H,6-8H2,1-5H3,(H,25,27)(H,24,26,28). The summed E-state index contributed by atoms with van der Waals surface area (Å²) in [5.74, 6) is 2.03. The number of benzene rings is 1. The Morgan fingerprint density at radius 1 is 1.03 bits per heavy atom. The average molecular weight is 465 g/mol. The van der Waals surface area contributed by atoms with Gasteiger partial charge in [-0.25, -0.2) is 15.0 Å². The number of anilines is 2. The van der Waals surface area contributed by atoms with Crippen LogP contribution >= 0.6 is 23.2 Å². The molecule has 3 rings (SSSR count). The summed E-state index contributed by atoms with van der Waals surface area (Å²) in [5, 5.41) is 7.87. The van der Waals surface area contributed by atoms with Crippen LogP contribution in [-0.2, 0) is 0 Å². The van der Waals surface area contributed by atoms with E-state index in [9.17, 15) is 0 Å². The maximum Gasteiger partial charge on any atom is 0.223 e. The van der Waals surface area contributed by atoms with Crippen LogP contribution in [0.3, 0.4) is 0 Å². The van der Waals surface area contributed by atoms with Crippen molar-refractivity contribution < 1.29 is 9.47 Å². The van der Waals surface area contributed by atoms with Crippen LogP contribution in [0, 0.1) is 0 Å². The van der Waals surface area contributed by atoms with E-state index < -0.39 is 0 Å². The van der Waals surface area contributed by atoms with Crippen molar-refractivity contribution in [3.63, 3.8) is 0 Å². The molecule has 0 amide bonds. The molecule has 2 N–H and O–H groups in total. The topological polar surface area (TPSA) is 84.4 Å². The molecular formula is C21H26Cl2N6O2. The lowest BCUT2D eigenvalue weighted by Crippen LogP contribution is -2.17. The number of aromatic nitrogens is 3. The fraction of sp³-hybridized carbons (Fsp3) is 0.381. The number of nitrogens with zero attached hydrogens (tertiary/aromatic N) is 4. The zero-order valence-corrected chi connectivity index (χ0v) is 19.7. The molecule has 0 aliphatic carbocycles. The van der Waals surface area contributed by atoms with Gasteiger partial charge in [0, 0.05) is 36.8 Å². The predicted molar refractivity (Wildman–Crippen MR) is 127 cm³/mol. The zero-order valence-electron chi connectivity index (χ0n) is 18.2. The van der Waals surface area contributed by atoms with Gasteiger partial charge >= 0.3 is 0 Å². The highest BCUT2D eigenvalue weighted by Gasteiger charge is 2.21. The highest BCUT2D eigenvalue weighted by atomic mass is 35.5. The largest absolute Gasteiger partial charge is 0.495 e. The Hall–Kier alpha value is -2.55. The molecule has 0 aliphatic heterocycles. The summed E-state index contributed by atoms with van der Waals surface area (Å²) in [6, 6.07) is 3.50. The molecule has 2 aromatic heterocycles. The number of ether oxygens (including phenoxy) is 2. The Balaban J connectivity index is 2.16. The van der Waals surface area contributed by atoms with Crippen molar-refractivity contribution in [3.8, 4) is 22.8 Å². The van der Waals surface area contributed by atoms with Gasteiger partial charge < -0.3 is 25.0 Å². The molecule has 0 fully saturated rings. The fourth-order valence-electron chi connectivity index (χ4n) is 3.12. The second-order valence-corrected chi connectivity index (χ2v) is 7.86. The lowest BCUT2D eigenvalue weighted by Gasteiger charge is -2.16. The first-order valence-corrected chi connectivity index (χ1v) is 10.5. The molecule has 0 aliphatic rings. The summed E-state index contributed by atoms with van der Waals surface area (Å²) in [6.07, 6.45) is 2.68. The third-order valence-electron chi connectivity index (χ3n) is 4.69. The Kier molecular flexibility index (Phi) is 7.59. The van der Waals surface area contributed by atoms with Crippen LogP contribution < -0.4 is 20.1 Å². The van der Waals surface area contributed by atoms with Gasteiger partial charge in [-0.05, 0) is 33.1 Å². The number of rotatable bonds is 9. The first kappa shape index (κ1) is 23.1. The van der Waals surface area contributed by atoms with E-state index in [0.29, 0.717) is 50.1 Å². The van der Waals surface area contributed by atoms with Gasteiger partial charge in [0.05, 0.1) is 30.0 Å².